The second-order valence-electron chi connectivity index (χ2n) is 5.47. The summed E-state index contributed by atoms with van der Waals surface area (Å²) in [5, 5.41) is 6.26. The Hall–Kier alpha value is -1.35. The Morgan fingerprint density at radius 1 is 1.44 bits per heavy atom. The zero-order valence-corrected chi connectivity index (χ0v) is 11.4. The van der Waals surface area contributed by atoms with E-state index in [0.717, 1.165) is 18.7 Å². The molecule has 1 aliphatic rings. The molecule has 0 saturated carbocycles. The molecule has 98 valence electrons. The highest BCUT2D eigenvalue weighted by Gasteiger charge is 2.29. The first-order valence-corrected chi connectivity index (χ1v) is 6.72. The van der Waals surface area contributed by atoms with E-state index in [9.17, 15) is 4.79 Å². The highest BCUT2D eigenvalue weighted by atomic mass is 16.2. The zero-order chi connectivity index (χ0) is 13.1. The van der Waals surface area contributed by atoms with Gasteiger partial charge in [0, 0.05) is 5.69 Å². The SMILES string of the molecule is CC(C)c1cccc(NC(=O)C2NCCC2C)c1. The van der Waals surface area contributed by atoms with Crippen LogP contribution in [0.1, 0.15) is 38.7 Å². The Bertz CT molecular complexity index is 428. The number of nitrogens with one attached hydrogen (secondary N) is 2. The number of anilines is 1. The minimum Gasteiger partial charge on any atom is -0.325 e. The Balaban J connectivity index is 2.04. The summed E-state index contributed by atoms with van der Waals surface area (Å²) in [6.07, 6.45) is 1.07. The fourth-order valence-electron chi connectivity index (χ4n) is 2.38. The monoisotopic (exact) mass is 246 g/mol. The van der Waals surface area contributed by atoms with Crippen molar-refractivity contribution in [2.24, 2.45) is 5.92 Å². The van der Waals surface area contributed by atoms with Crippen LogP contribution in [0.15, 0.2) is 24.3 Å². The molecule has 0 radical (unpaired) electrons. The van der Waals surface area contributed by atoms with Gasteiger partial charge in [-0.05, 0) is 42.5 Å². The maximum Gasteiger partial charge on any atom is 0.241 e. The van der Waals surface area contributed by atoms with Crippen LogP contribution in [0.3, 0.4) is 0 Å². The Morgan fingerprint density at radius 2 is 2.22 bits per heavy atom. The molecule has 2 N–H and O–H groups in total. The van der Waals surface area contributed by atoms with Crippen LogP contribution in [0.25, 0.3) is 0 Å². The van der Waals surface area contributed by atoms with E-state index in [0.29, 0.717) is 11.8 Å². The molecule has 1 aliphatic heterocycles. The predicted molar refractivity (Wildman–Crippen MR) is 74.7 cm³/mol. The van der Waals surface area contributed by atoms with E-state index >= 15 is 0 Å². The molecular weight excluding hydrogens is 224 g/mol. The summed E-state index contributed by atoms with van der Waals surface area (Å²) in [4.78, 5) is 12.1. The standard InChI is InChI=1S/C15H22N2O/c1-10(2)12-5-4-6-13(9-12)17-15(18)14-11(3)7-8-16-14/h4-6,9-11,14,16H,7-8H2,1-3H3,(H,17,18). The van der Waals surface area contributed by atoms with Gasteiger partial charge in [0.1, 0.15) is 0 Å². The van der Waals surface area contributed by atoms with Gasteiger partial charge in [0.2, 0.25) is 5.91 Å². The van der Waals surface area contributed by atoms with E-state index < -0.39 is 0 Å². The van der Waals surface area contributed by atoms with Crippen LogP contribution in [0.5, 0.6) is 0 Å². The van der Waals surface area contributed by atoms with Crippen LogP contribution in [0.2, 0.25) is 0 Å². The molecule has 1 aromatic rings. The van der Waals surface area contributed by atoms with E-state index in [2.05, 4.69) is 43.5 Å². The first-order chi connectivity index (χ1) is 8.58. The lowest BCUT2D eigenvalue weighted by Crippen LogP contribution is -2.39. The molecule has 3 heteroatoms. The molecule has 1 fully saturated rings. The number of hydrogen-bond acceptors (Lipinski definition) is 2. The minimum atomic E-state index is -0.0484. The van der Waals surface area contributed by atoms with Crippen molar-refractivity contribution >= 4 is 11.6 Å². The van der Waals surface area contributed by atoms with Crippen molar-refractivity contribution in [1.29, 1.82) is 0 Å². The summed E-state index contributed by atoms with van der Waals surface area (Å²) < 4.78 is 0. The molecule has 2 atom stereocenters. The third-order valence-electron chi connectivity index (χ3n) is 3.64. The van der Waals surface area contributed by atoms with Crippen molar-refractivity contribution in [3.8, 4) is 0 Å². The van der Waals surface area contributed by atoms with Crippen LogP contribution in [0.4, 0.5) is 5.69 Å². The van der Waals surface area contributed by atoms with Gasteiger partial charge in [0.15, 0.2) is 0 Å². The van der Waals surface area contributed by atoms with Crippen molar-refractivity contribution in [2.75, 3.05) is 11.9 Å². The average Bonchev–Trinajstić information content (AvgIpc) is 2.76. The topological polar surface area (TPSA) is 41.1 Å². The van der Waals surface area contributed by atoms with Gasteiger partial charge in [-0.25, -0.2) is 0 Å². The molecule has 2 rings (SSSR count). The molecule has 0 bridgehead atoms. The zero-order valence-electron chi connectivity index (χ0n) is 11.4. The first-order valence-electron chi connectivity index (χ1n) is 6.72. The lowest BCUT2D eigenvalue weighted by molar-refractivity contribution is -0.118. The normalized spacial score (nSPS) is 23.3. The molecule has 1 amide bonds. The molecule has 18 heavy (non-hydrogen) atoms. The van der Waals surface area contributed by atoms with Crippen LogP contribution in [-0.4, -0.2) is 18.5 Å². The van der Waals surface area contributed by atoms with Gasteiger partial charge in [0.25, 0.3) is 0 Å². The fourth-order valence-corrected chi connectivity index (χ4v) is 2.38. The van der Waals surface area contributed by atoms with E-state index in [-0.39, 0.29) is 11.9 Å². The Kier molecular flexibility index (Phi) is 4.02. The van der Waals surface area contributed by atoms with Crippen LogP contribution in [-0.2, 0) is 4.79 Å². The Labute approximate surface area is 109 Å². The summed E-state index contributed by atoms with van der Waals surface area (Å²) in [5.41, 5.74) is 2.15. The smallest absolute Gasteiger partial charge is 0.241 e. The largest absolute Gasteiger partial charge is 0.325 e. The van der Waals surface area contributed by atoms with Crippen LogP contribution >= 0.6 is 0 Å². The summed E-state index contributed by atoms with van der Waals surface area (Å²) >= 11 is 0. The quantitative estimate of drug-likeness (QED) is 0.861. The van der Waals surface area contributed by atoms with Gasteiger partial charge >= 0.3 is 0 Å². The molecule has 0 aromatic heterocycles. The van der Waals surface area contributed by atoms with Crippen molar-refractivity contribution in [1.82, 2.24) is 5.32 Å². The summed E-state index contributed by atoms with van der Waals surface area (Å²) in [7, 11) is 0. The second kappa shape index (κ2) is 5.53. The fraction of sp³-hybridized carbons (Fsp3) is 0.533. The molecule has 3 nitrogen and oxygen atoms in total. The van der Waals surface area contributed by atoms with E-state index in [1.165, 1.54) is 5.56 Å². The number of carbonyl (C=O) groups is 1. The molecule has 1 heterocycles. The van der Waals surface area contributed by atoms with Gasteiger partial charge in [-0.3, -0.25) is 4.79 Å². The average molecular weight is 246 g/mol. The van der Waals surface area contributed by atoms with E-state index in [4.69, 9.17) is 0 Å². The number of amides is 1. The van der Waals surface area contributed by atoms with E-state index in [1.54, 1.807) is 0 Å². The van der Waals surface area contributed by atoms with Crippen molar-refractivity contribution < 1.29 is 4.79 Å². The number of rotatable bonds is 3. The third kappa shape index (κ3) is 2.91. The predicted octanol–water partition coefficient (Wildman–Crippen LogP) is 2.75. The van der Waals surface area contributed by atoms with Gasteiger partial charge < -0.3 is 10.6 Å². The van der Waals surface area contributed by atoms with Gasteiger partial charge in [-0.2, -0.15) is 0 Å². The lowest BCUT2D eigenvalue weighted by atomic mass is 10.0. The molecule has 1 aromatic carbocycles. The van der Waals surface area contributed by atoms with Gasteiger partial charge in [-0.1, -0.05) is 32.9 Å². The maximum absolute atomic E-state index is 12.1. The highest BCUT2D eigenvalue weighted by molar-refractivity contribution is 5.95. The van der Waals surface area contributed by atoms with Crippen LogP contribution in [0, 0.1) is 5.92 Å². The Morgan fingerprint density at radius 3 is 2.83 bits per heavy atom. The maximum atomic E-state index is 12.1. The number of benzene rings is 1. The highest BCUT2D eigenvalue weighted by Crippen LogP contribution is 2.20. The molecule has 2 unspecified atom stereocenters. The minimum absolute atomic E-state index is 0.0484. The summed E-state index contributed by atoms with van der Waals surface area (Å²) in [6.45, 7) is 7.36. The molecular formula is C15H22N2O. The van der Waals surface area contributed by atoms with Crippen LogP contribution < -0.4 is 10.6 Å². The van der Waals surface area contributed by atoms with Crippen molar-refractivity contribution in [3.63, 3.8) is 0 Å². The number of hydrogen-bond donors (Lipinski definition) is 2. The third-order valence-corrected chi connectivity index (χ3v) is 3.64. The van der Waals surface area contributed by atoms with Crippen molar-refractivity contribution in [3.05, 3.63) is 29.8 Å². The summed E-state index contributed by atoms with van der Waals surface area (Å²) in [6, 6.07) is 8.05. The summed E-state index contributed by atoms with van der Waals surface area (Å²) in [5.74, 6) is 0.976. The lowest BCUT2D eigenvalue weighted by Gasteiger charge is -2.16. The van der Waals surface area contributed by atoms with Gasteiger partial charge in [-0.15, -0.1) is 0 Å². The molecule has 0 spiro atoms. The first kappa shape index (κ1) is 13.1. The van der Waals surface area contributed by atoms with Crippen molar-refractivity contribution in [2.45, 2.75) is 39.2 Å². The van der Waals surface area contributed by atoms with E-state index in [1.807, 2.05) is 12.1 Å². The number of carbonyl (C=O) groups excluding carboxylic acids is 1. The molecule has 1 saturated heterocycles. The van der Waals surface area contributed by atoms with Gasteiger partial charge in [0.05, 0.1) is 6.04 Å². The molecule has 0 aliphatic carbocycles. The second-order valence-corrected chi connectivity index (χ2v) is 5.47.